The van der Waals surface area contributed by atoms with E-state index >= 15 is 0 Å². The summed E-state index contributed by atoms with van der Waals surface area (Å²) < 4.78 is 11.8. The number of amides is 1. The van der Waals surface area contributed by atoms with Gasteiger partial charge in [0.25, 0.3) is 5.91 Å². The average Bonchev–Trinajstić information content (AvgIpc) is 2.42. The molecule has 0 radical (unpaired) electrons. The highest BCUT2D eigenvalue weighted by Gasteiger charge is 2.17. The van der Waals surface area contributed by atoms with Crippen LogP contribution in [0.1, 0.15) is 18.1 Å². The van der Waals surface area contributed by atoms with Crippen molar-refractivity contribution in [3.8, 4) is 5.75 Å². The fraction of sp³-hybridized carbons (Fsp3) is 0.533. The van der Waals surface area contributed by atoms with Crippen molar-refractivity contribution in [1.29, 1.82) is 0 Å². The van der Waals surface area contributed by atoms with Crippen molar-refractivity contribution in [3.05, 3.63) is 27.7 Å². The summed E-state index contributed by atoms with van der Waals surface area (Å²) in [6.45, 7) is 5.35. The van der Waals surface area contributed by atoms with E-state index in [1.165, 1.54) is 0 Å². The summed E-state index contributed by atoms with van der Waals surface area (Å²) in [5, 5.41) is 5.88. The molecule has 1 rings (SSSR count). The molecule has 0 aliphatic heterocycles. The minimum absolute atomic E-state index is 0.148. The summed E-state index contributed by atoms with van der Waals surface area (Å²) in [4.78, 5) is 12.0. The Balaban J connectivity index is 2.79. The Labute approximate surface area is 134 Å². The first-order valence-corrected chi connectivity index (χ1v) is 7.65. The molecule has 1 atom stereocenters. The van der Waals surface area contributed by atoms with Gasteiger partial charge in [-0.2, -0.15) is 0 Å². The van der Waals surface area contributed by atoms with Crippen molar-refractivity contribution < 1.29 is 14.3 Å². The molecule has 0 saturated carbocycles. The lowest BCUT2D eigenvalue weighted by molar-refractivity contribution is -0.127. The number of methoxy groups -OCH3 is 1. The number of nitrogens with one attached hydrogen (secondary N) is 2. The quantitative estimate of drug-likeness (QED) is 0.698. The van der Waals surface area contributed by atoms with Crippen LogP contribution in [0.4, 0.5) is 0 Å². The van der Waals surface area contributed by atoms with E-state index in [1.54, 1.807) is 14.0 Å². The number of carbonyl (C=O) groups excluding carboxylic acids is 1. The Hall–Kier alpha value is -1.11. The number of rotatable bonds is 8. The van der Waals surface area contributed by atoms with Crippen LogP contribution < -0.4 is 15.4 Å². The Morgan fingerprint density at radius 3 is 2.76 bits per heavy atom. The van der Waals surface area contributed by atoms with E-state index in [0.717, 1.165) is 21.3 Å². The van der Waals surface area contributed by atoms with Gasteiger partial charge in [0, 0.05) is 30.2 Å². The monoisotopic (exact) mass is 358 g/mol. The Bertz CT molecular complexity index is 480. The highest BCUT2D eigenvalue weighted by Crippen LogP contribution is 2.29. The van der Waals surface area contributed by atoms with E-state index in [9.17, 15) is 4.79 Å². The molecule has 0 saturated heterocycles. The van der Waals surface area contributed by atoms with Crippen LogP contribution in [-0.4, -0.2) is 39.3 Å². The van der Waals surface area contributed by atoms with Gasteiger partial charge in [0.2, 0.25) is 0 Å². The van der Waals surface area contributed by atoms with E-state index < -0.39 is 6.10 Å². The number of benzene rings is 1. The van der Waals surface area contributed by atoms with Gasteiger partial charge in [0.05, 0.1) is 6.61 Å². The molecule has 0 aromatic heterocycles. The molecule has 1 aromatic rings. The summed E-state index contributed by atoms with van der Waals surface area (Å²) in [6.07, 6.45) is -0.558. The Morgan fingerprint density at radius 1 is 1.43 bits per heavy atom. The largest absolute Gasteiger partial charge is 0.480 e. The van der Waals surface area contributed by atoms with Gasteiger partial charge in [-0.15, -0.1) is 0 Å². The van der Waals surface area contributed by atoms with E-state index in [-0.39, 0.29) is 5.91 Å². The fourth-order valence-electron chi connectivity index (χ4n) is 1.94. The van der Waals surface area contributed by atoms with Crippen LogP contribution in [0.5, 0.6) is 5.75 Å². The molecule has 0 aliphatic rings. The predicted molar refractivity (Wildman–Crippen MR) is 86.6 cm³/mol. The zero-order valence-electron chi connectivity index (χ0n) is 13.0. The zero-order chi connectivity index (χ0) is 15.8. The molecule has 0 aliphatic carbocycles. The SMILES string of the molecule is CNCc1cc(Br)cc(C)c1OC(C)C(=O)NCCOC. The van der Waals surface area contributed by atoms with E-state index in [0.29, 0.717) is 19.7 Å². The van der Waals surface area contributed by atoms with Crippen molar-refractivity contribution in [2.45, 2.75) is 26.5 Å². The topological polar surface area (TPSA) is 59.6 Å². The third-order valence-corrected chi connectivity index (χ3v) is 3.41. The number of halogens is 1. The van der Waals surface area contributed by atoms with Gasteiger partial charge in [0.1, 0.15) is 5.75 Å². The molecule has 118 valence electrons. The molecule has 0 bridgehead atoms. The second-order valence-corrected chi connectivity index (χ2v) is 5.70. The molecule has 1 aromatic carbocycles. The summed E-state index contributed by atoms with van der Waals surface area (Å²) in [5.41, 5.74) is 2.01. The van der Waals surface area contributed by atoms with Gasteiger partial charge in [-0.05, 0) is 38.6 Å². The van der Waals surface area contributed by atoms with Crippen molar-refractivity contribution >= 4 is 21.8 Å². The lowest BCUT2D eigenvalue weighted by Gasteiger charge is -2.19. The predicted octanol–water partition coefficient (Wildman–Crippen LogP) is 2.01. The third kappa shape index (κ3) is 5.65. The molecule has 1 unspecified atom stereocenters. The maximum Gasteiger partial charge on any atom is 0.260 e. The van der Waals surface area contributed by atoms with Gasteiger partial charge < -0.3 is 20.1 Å². The van der Waals surface area contributed by atoms with Crippen LogP contribution in [0.15, 0.2) is 16.6 Å². The average molecular weight is 359 g/mol. The van der Waals surface area contributed by atoms with Gasteiger partial charge >= 0.3 is 0 Å². The first-order chi connectivity index (χ1) is 9.99. The molecule has 0 fully saturated rings. The van der Waals surface area contributed by atoms with E-state index in [4.69, 9.17) is 9.47 Å². The second-order valence-electron chi connectivity index (χ2n) is 4.79. The van der Waals surface area contributed by atoms with E-state index in [1.807, 2.05) is 26.1 Å². The number of aryl methyl sites for hydroxylation is 1. The number of ether oxygens (including phenoxy) is 2. The molecule has 6 heteroatoms. The maximum absolute atomic E-state index is 12.0. The first-order valence-electron chi connectivity index (χ1n) is 6.86. The minimum atomic E-state index is -0.558. The van der Waals surface area contributed by atoms with Crippen LogP contribution in [-0.2, 0) is 16.1 Å². The second kappa shape index (κ2) is 9.02. The van der Waals surface area contributed by atoms with Crippen molar-refractivity contribution in [2.75, 3.05) is 27.3 Å². The smallest absolute Gasteiger partial charge is 0.260 e. The van der Waals surface area contributed by atoms with E-state index in [2.05, 4.69) is 26.6 Å². The zero-order valence-corrected chi connectivity index (χ0v) is 14.5. The molecule has 0 spiro atoms. The van der Waals surface area contributed by atoms with Crippen LogP contribution in [0.2, 0.25) is 0 Å². The number of carbonyl (C=O) groups is 1. The van der Waals surface area contributed by atoms with Crippen molar-refractivity contribution in [3.63, 3.8) is 0 Å². The molecular weight excluding hydrogens is 336 g/mol. The lowest BCUT2D eigenvalue weighted by atomic mass is 10.1. The van der Waals surface area contributed by atoms with Crippen molar-refractivity contribution in [2.24, 2.45) is 0 Å². The molecular formula is C15H23BrN2O3. The Kier molecular flexibility index (Phi) is 7.71. The first kappa shape index (κ1) is 17.9. The maximum atomic E-state index is 12.0. The summed E-state index contributed by atoms with van der Waals surface area (Å²) in [7, 11) is 3.47. The normalized spacial score (nSPS) is 12.0. The van der Waals surface area contributed by atoms with Crippen LogP contribution >= 0.6 is 15.9 Å². The Morgan fingerprint density at radius 2 is 2.14 bits per heavy atom. The number of hydrogen-bond donors (Lipinski definition) is 2. The van der Waals surface area contributed by atoms with Crippen molar-refractivity contribution in [1.82, 2.24) is 10.6 Å². The lowest BCUT2D eigenvalue weighted by Crippen LogP contribution is -2.38. The van der Waals surface area contributed by atoms with Gasteiger partial charge in [0.15, 0.2) is 6.10 Å². The fourth-order valence-corrected chi connectivity index (χ4v) is 2.56. The van der Waals surface area contributed by atoms with Crippen LogP contribution in [0.25, 0.3) is 0 Å². The summed E-state index contributed by atoms with van der Waals surface area (Å²) in [5.74, 6) is 0.603. The molecule has 1 amide bonds. The van der Waals surface area contributed by atoms with Gasteiger partial charge in [-0.1, -0.05) is 15.9 Å². The highest BCUT2D eigenvalue weighted by atomic mass is 79.9. The van der Waals surface area contributed by atoms with Gasteiger partial charge in [-0.3, -0.25) is 4.79 Å². The minimum Gasteiger partial charge on any atom is -0.480 e. The molecule has 5 nitrogen and oxygen atoms in total. The molecule has 0 heterocycles. The standard InChI is InChI=1S/C15H23BrN2O3/c1-10-7-13(16)8-12(9-17-3)14(10)21-11(2)15(19)18-5-6-20-4/h7-8,11,17H,5-6,9H2,1-4H3,(H,18,19). The molecule has 21 heavy (non-hydrogen) atoms. The highest BCUT2D eigenvalue weighted by molar-refractivity contribution is 9.10. The third-order valence-electron chi connectivity index (χ3n) is 2.95. The van der Waals surface area contributed by atoms with Crippen LogP contribution in [0, 0.1) is 6.92 Å². The summed E-state index contributed by atoms with van der Waals surface area (Å²) in [6, 6.07) is 3.97. The van der Waals surface area contributed by atoms with Gasteiger partial charge in [-0.25, -0.2) is 0 Å². The number of hydrogen-bond acceptors (Lipinski definition) is 4. The molecule has 2 N–H and O–H groups in total. The van der Waals surface area contributed by atoms with Crippen LogP contribution in [0.3, 0.4) is 0 Å². The summed E-state index contributed by atoms with van der Waals surface area (Å²) >= 11 is 3.48.